The van der Waals surface area contributed by atoms with E-state index < -0.39 is 11.2 Å². The second-order valence-electron chi connectivity index (χ2n) is 5.22. The standard InChI is InChI=1S/C15H15NO4/c1-2-15(19)8-16(9-15)13(17)11-7-10-5-3-4-6-12(10)20-14(11)18/h3-7,19H,2,8-9H2,1H3. The summed E-state index contributed by atoms with van der Waals surface area (Å²) in [6.45, 7) is 2.38. The fourth-order valence-electron chi connectivity index (χ4n) is 2.41. The topological polar surface area (TPSA) is 70.8 Å². The number of amides is 1. The highest BCUT2D eigenvalue weighted by atomic mass is 16.4. The lowest BCUT2D eigenvalue weighted by atomic mass is 9.91. The average molecular weight is 273 g/mol. The first-order valence-corrected chi connectivity index (χ1v) is 6.57. The molecule has 0 spiro atoms. The number of para-hydroxylation sites is 1. The summed E-state index contributed by atoms with van der Waals surface area (Å²) in [6.07, 6.45) is 0.586. The summed E-state index contributed by atoms with van der Waals surface area (Å²) >= 11 is 0. The van der Waals surface area contributed by atoms with E-state index in [2.05, 4.69) is 0 Å². The molecule has 3 rings (SSSR count). The SMILES string of the molecule is CCC1(O)CN(C(=O)c2cc3ccccc3oc2=O)C1. The Morgan fingerprint density at radius 3 is 2.80 bits per heavy atom. The summed E-state index contributed by atoms with van der Waals surface area (Å²) in [7, 11) is 0. The van der Waals surface area contributed by atoms with Crippen molar-refractivity contribution in [2.75, 3.05) is 13.1 Å². The van der Waals surface area contributed by atoms with E-state index in [4.69, 9.17) is 4.42 Å². The molecule has 0 unspecified atom stereocenters. The van der Waals surface area contributed by atoms with Crippen LogP contribution in [0.4, 0.5) is 0 Å². The fraction of sp³-hybridized carbons (Fsp3) is 0.333. The zero-order valence-corrected chi connectivity index (χ0v) is 11.1. The number of hydrogen-bond donors (Lipinski definition) is 1. The number of hydrogen-bond acceptors (Lipinski definition) is 4. The van der Waals surface area contributed by atoms with E-state index in [9.17, 15) is 14.7 Å². The molecule has 1 aromatic heterocycles. The van der Waals surface area contributed by atoms with Crippen molar-refractivity contribution < 1.29 is 14.3 Å². The van der Waals surface area contributed by atoms with Crippen LogP contribution in [0, 0.1) is 0 Å². The van der Waals surface area contributed by atoms with Crippen LogP contribution in [-0.4, -0.2) is 34.6 Å². The van der Waals surface area contributed by atoms with Gasteiger partial charge in [0.2, 0.25) is 0 Å². The maximum atomic E-state index is 12.2. The summed E-state index contributed by atoms with van der Waals surface area (Å²) in [5.74, 6) is -0.386. The van der Waals surface area contributed by atoms with Crippen LogP contribution in [0.5, 0.6) is 0 Å². The third-order valence-corrected chi connectivity index (χ3v) is 3.79. The minimum Gasteiger partial charge on any atom is -0.422 e. The number of aliphatic hydroxyl groups is 1. The molecule has 1 saturated heterocycles. The molecule has 1 aliphatic rings. The molecule has 2 aromatic rings. The van der Waals surface area contributed by atoms with Gasteiger partial charge in [-0.3, -0.25) is 4.79 Å². The van der Waals surface area contributed by atoms with Crippen molar-refractivity contribution in [1.29, 1.82) is 0 Å². The molecule has 1 aliphatic heterocycles. The van der Waals surface area contributed by atoms with Gasteiger partial charge in [0, 0.05) is 5.39 Å². The highest BCUT2D eigenvalue weighted by molar-refractivity contribution is 5.97. The molecule has 0 atom stereocenters. The molecule has 5 heteroatoms. The first-order chi connectivity index (χ1) is 9.52. The Labute approximate surface area is 115 Å². The van der Waals surface area contributed by atoms with Crippen LogP contribution < -0.4 is 5.63 Å². The second kappa shape index (κ2) is 4.45. The van der Waals surface area contributed by atoms with Crippen LogP contribution in [0.25, 0.3) is 11.0 Å². The van der Waals surface area contributed by atoms with Crippen molar-refractivity contribution in [3.8, 4) is 0 Å². The van der Waals surface area contributed by atoms with E-state index in [1.807, 2.05) is 13.0 Å². The highest BCUT2D eigenvalue weighted by Gasteiger charge is 2.42. The van der Waals surface area contributed by atoms with E-state index >= 15 is 0 Å². The van der Waals surface area contributed by atoms with Gasteiger partial charge in [0.1, 0.15) is 11.1 Å². The molecule has 5 nitrogen and oxygen atoms in total. The summed E-state index contributed by atoms with van der Waals surface area (Å²) in [5, 5.41) is 10.6. The number of carbonyl (C=O) groups is 1. The summed E-state index contributed by atoms with van der Waals surface area (Å²) in [4.78, 5) is 25.6. The van der Waals surface area contributed by atoms with Gasteiger partial charge in [0.05, 0.1) is 18.7 Å². The van der Waals surface area contributed by atoms with Gasteiger partial charge in [0.15, 0.2) is 0 Å². The third-order valence-electron chi connectivity index (χ3n) is 3.79. The smallest absolute Gasteiger partial charge is 0.349 e. The molecular formula is C15H15NO4. The lowest BCUT2D eigenvalue weighted by Gasteiger charge is -2.45. The number of fused-ring (bicyclic) bond motifs is 1. The van der Waals surface area contributed by atoms with Crippen LogP contribution in [0.3, 0.4) is 0 Å². The first kappa shape index (κ1) is 12.9. The molecule has 0 radical (unpaired) electrons. The summed E-state index contributed by atoms with van der Waals surface area (Å²) in [6, 6.07) is 8.60. The Kier molecular flexibility index (Phi) is 2.87. The van der Waals surface area contributed by atoms with E-state index in [-0.39, 0.29) is 24.6 Å². The van der Waals surface area contributed by atoms with E-state index in [1.165, 1.54) is 4.90 Å². The molecule has 1 aromatic carbocycles. The normalized spacial score (nSPS) is 17.0. The number of nitrogens with zero attached hydrogens (tertiary/aromatic N) is 1. The Bertz CT molecular complexity index is 728. The van der Waals surface area contributed by atoms with Gasteiger partial charge in [-0.1, -0.05) is 25.1 Å². The van der Waals surface area contributed by atoms with Crippen molar-refractivity contribution >= 4 is 16.9 Å². The number of β-amino-alcohol motifs (C(OH)–C–C–N with tert-alkyl or cyclic N) is 1. The van der Waals surface area contributed by atoms with Gasteiger partial charge < -0.3 is 14.4 Å². The lowest BCUT2D eigenvalue weighted by molar-refractivity contribution is -0.0827. The number of rotatable bonds is 2. The van der Waals surface area contributed by atoms with Gasteiger partial charge in [-0.2, -0.15) is 0 Å². The summed E-state index contributed by atoms with van der Waals surface area (Å²) in [5.41, 5.74) is -0.975. The minimum absolute atomic E-state index is 0.0156. The molecule has 1 N–H and O–H groups in total. The molecule has 1 fully saturated rings. The Hall–Kier alpha value is -2.14. The zero-order valence-electron chi connectivity index (χ0n) is 11.1. The molecule has 2 heterocycles. The van der Waals surface area contributed by atoms with Gasteiger partial charge in [-0.05, 0) is 18.6 Å². The molecule has 1 amide bonds. The maximum Gasteiger partial charge on any atom is 0.349 e. The summed E-state index contributed by atoms with van der Waals surface area (Å²) < 4.78 is 5.15. The van der Waals surface area contributed by atoms with E-state index in [0.717, 1.165) is 0 Å². The fourth-order valence-corrected chi connectivity index (χ4v) is 2.41. The van der Waals surface area contributed by atoms with Crippen LogP contribution >= 0.6 is 0 Å². The van der Waals surface area contributed by atoms with Crippen LogP contribution in [0.15, 0.2) is 39.5 Å². The van der Waals surface area contributed by atoms with Crippen molar-refractivity contribution in [2.24, 2.45) is 0 Å². The van der Waals surface area contributed by atoms with Crippen LogP contribution in [-0.2, 0) is 0 Å². The van der Waals surface area contributed by atoms with Crippen molar-refractivity contribution in [3.05, 3.63) is 46.3 Å². The van der Waals surface area contributed by atoms with Gasteiger partial charge in [-0.15, -0.1) is 0 Å². The van der Waals surface area contributed by atoms with Crippen LogP contribution in [0.2, 0.25) is 0 Å². The molecule has 0 bridgehead atoms. The maximum absolute atomic E-state index is 12.2. The quantitative estimate of drug-likeness (QED) is 0.839. The number of likely N-dealkylation sites (tertiary alicyclic amines) is 1. The van der Waals surface area contributed by atoms with Crippen molar-refractivity contribution in [3.63, 3.8) is 0 Å². The molecule has 0 aliphatic carbocycles. The third kappa shape index (κ3) is 2.00. The number of benzene rings is 1. The van der Waals surface area contributed by atoms with Gasteiger partial charge in [0.25, 0.3) is 5.91 Å². The minimum atomic E-state index is -0.813. The van der Waals surface area contributed by atoms with Crippen LogP contribution in [0.1, 0.15) is 23.7 Å². The average Bonchev–Trinajstić information content (AvgIpc) is 2.42. The predicted molar refractivity (Wildman–Crippen MR) is 73.6 cm³/mol. The predicted octanol–water partition coefficient (Wildman–Crippen LogP) is 1.39. The first-order valence-electron chi connectivity index (χ1n) is 6.57. The van der Waals surface area contributed by atoms with Crippen molar-refractivity contribution in [2.45, 2.75) is 18.9 Å². The Morgan fingerprint density at radius 2 is 2.10 bits per heavy atom. The van der Waals surface area contributed by atoms with E-state index in [1.54, 1.807) is 24.3 Å². The van der Waals surface area contributed by atoms with Gasteiger partial charge >= 0.3 is 5.63 Å². The molecular weight excluding hydrogens is 258 g/mol. The van der Waals surface area contributed by atoms with Crippen molar-refractivity contribution in [1.82, 2.24) is 4.90 Å². The Balaban J connectivity index is 1.93. The molecule has 0 saturated carbocycles. The van der Waals surface area contributed by atoms with E-state index in [0.29, 0.717) is 17.4 Å². The highest BCUT2D eigenvalue weighted by Crippen LogP contribution is 2.25. The Morgan fingerprint density at radius 1 is 1.40 bits per heavy atom. The monoisotopic (exact) mass is 273 g/mol. The largest absolute Gasteiger partial charge is 0.422 e. The second-order valence-corrected chi connectivity index (χ2v) is 5.22. The number of carbonyl (C=O) groups excluding carboxylic acids is 1. The zero-order chi connectivity index (χ0) is 14.3. The molecule has 104 valence electrons. The van der Waals surface area contributed by atoms with Gasteiger partial charge in [-0.25, -0.2) is 4.79 Å². The molecule has 20 heavy (non-hydrogen) atoms. The lowest BCUT2D eigenvalue weighted by Crippen LogP contribution is -2.63.